The van der Waals surface area contributed by atoms with Crippen molar-refractivity contribution in [2.45, 2.75) is 245 Å². The van der Waals surface area contributed by atoms with Crippen LogP contribution in [0.25, 0.3) is 0 Å². The summed E-state index contributed by atoms with van der Waals surface area (Å²) in [5.41, 5.74) is 0. The van der Waals surface area contributed by atoms with Gasteiger partial charge < -0.3 is 33.3 Å². The van der Waals surface area contributed by atoms with Crippen LogP contribution < -0.4 is 5.11 Å². The lowest BCUT2D eigenvalue weighted by atomic mass is 10.0. The molecule has 0 aromatic heterocycles. The summed E-state index contributed by atoms with van der Waals surface area (Å²) in [4.78, 5) is 37.0. The Morgan fingerprint density at radius 3 is 1.31 bits per heavy atom. The molecule has 0 aromatic carbocycles. The number of hydrogen-bond acceptors (Lipinski definition) is 8. The average molecular weight is 838 g/mol. The lowest BCUT2D eigenvalue weighted by molar-refractivity contribution is -0.870. The summed E-state index contributed by atoms with van der Waals surface area (Å²) in [6.07, 6.45) is 42.6. The maximum Gasteiger partial charge on any atom is 0.306 e. The molecule has 9 heteroatoms. The zero-order valence-electron chi connectivity index (χ0n) is 39.4. The maximum atomic E-state index is 12.7. The number of rotatable bonds is 46. The third-order valence-electron chi connectivity index (χ3n) is 11.0. The van der Waals surface area contributed by atoms with Crippen LogP contribution in [-0.4, -0.2) is 82.3 Å². The van der Waals surface area contributed by atoms with Crippen LogP contribution in [0.2, 0.25) is 0 Å². The fourth-order valence-corrected chi connectivity index (χ4v) is 7.11. The SMILES string of the molecule is CCCC/C=C\CCCCCCCC(=O)OC(COC(=O)CCCCCCCCCCCCCCCCCCCCCCCCC)COC(OCC[N+](C)(C)C)C(=O)[O-]. The number of quaternary nitrogens is 1. The number of likely N-dealkylation sites (N-methyl/N-ethyl adjacent to an activating group) is 1. The third-order valence-corrected chi connectivity index (χ3v) is 11.0. The number of unbranched alkanes of at least 4 members (excludes halogenated alkanes) is 29. The average Bonchev–Trinajstić information content (AvgIpc) is 3.19. The van der Waals surface area contributed by atoms with Gasteiger partial charge in [-0.05, 0) is 32.1 Å². The fourth-order valence-electron chi connectivity index (χ4n) is 7.11. The molecule has 0 fully saturated rings. The van der Waals surface area contributed by atoms with Gasteiger partial charge in [0, 0.05) is 12.8 Å². The van der Waals surface area contributed by atoms with E-state index < -0.39 is 24.3 Å². The van der Waals surface area contributed by atoms with Gasteiger partial charge in [-0.1, -0.05) is 199 Å². The van der Waals surface area contributed by atoms with E-state index in [4.69, 9.17) is 18.9 Å². The van der Waals surface area contributed by atoms with Crippen molar-refractivity contribution in [1.82, 2.24) is 0 Å². The van der Waals surface area contributed by atoms with Crippen molar-refractivity contribution in [3.05, 3.63) is 12.2 Å². The van der Waals surface area contributed by atoms with Crippen molar-refractivity contribution >= 4 is 17.9 Å². The molecule has 0 aromatic rings. The van der Waals surface area contributed by atoms with E-state index in [1.165, 1.54) is 141 Å². The number of carboxylic acid groups (broad SMARTS) is 1. The van der Waals surface area contributed by atoms with Crippen molar-refractivity contribution in [3.63, 3.8) is 0 Å². The van der Waals surface area contributed by atoms with Gasteiger partial charge in [0.2, 0.25) is 0 Å². The summed E-state index contributed by atoms with van der Waals surface area (Å²) in [5, 5.41) is 11.7. The lowest BCUT2D eigenvalue weighted by Gasteiger charge is -2.26. The Balaban J connectivity index is 4.20. The standard InChI is InChI=1S/C50H95NO8/c1-6-8-10-12-14-16-18-19-20-21-22-23-24-25-26-27-28-29-31-32-34-36-38-40-47(52)57-44-46(45-58-50(49(54)55)56-43-42-51(3,4)5)59-48(53)41-39-37-35-33-30-17-15-13-11-9-7-2/h13,15,46,50H,6-12,14,16-45H2,1-5H3/b15-13-. The van der Waals surface area contributed by atoms with E-state index in [-0.39, 0.29) is 32.2 Å². The molecule has 0 radical (unpaired) electrons. The summed E-state index contributed by atoms with van der Waals surface area (Å²) < 4.78 is 22.6. The number of carbonyl (C=O) groups excluding carboxylic acids is 3. The van der Waals surface area contributed by atoms with Gasteiger partial charge in [-0.25, -0.2) is 0 Å². The van der Waals surface area contributed by atoms with Gasteiger partial charge in [0.25, 0.3) is 0 Å². The lowest BCUT2D eigenvalue weighted by Crippen LogP contribution is -2.44. The fraction of sp³-hybridized carbons (Fsp3) is 0.900. The van der Waals surface area contributed by atoms with E-state index in [9.17, 15) is 19.5 Å². The molecule has 0 saturated carbocycles. The topological polar surface area (TPSA) is 111 Å². The Kier molecular flexibility index (Phi) is 41.3. The number of carboxylic acids is 1. The Morgan fingerprint density at radius 2 is 0.881 bits per heavy atom. The molecule has 0 bridgehead atoms. The number of allylic oxidation sites excluding steroid dienone is 2. The van der Waals surface area contributed by atoms with Crippen LogP contribution in [0.15, 0.2) is 12.2 Å². The first kappa shape index (κ1) is 57.0. The zero-order chi connectivity index (χ0) is 43.5. The Labute approximate surface area is 364 Å². The van der Waals surface area contributed by atoms with Gasteiger partial charge in [0.05, 0.1) is 40.3 Å². The normalized spacial score (nSPS) is 12.9. The molecular weight excluding hydrogens is 743 g/mol. The molecular formula is C50H95NO8. The number of esters is 2. The first-order chi connectivity index (χ1) is 28.6. The first-order valence-corrected chi connectivity index (χ1v) is 24.8. The minimum absolute atomic E-state index is 0.149. The highest BCUT2D eigenvalue weighted by atomic mass is 16.7. The summed E-state index contributed by atoms with van der Waals surface area (Å²) in [5.74, 6) is -2.28. The summed E-state index contributed by atoms with van der Waals surface area (Å²) in [6, 6.07) is 0. The second-order valence-electron chi connectivity index (χ2n) is 18.1. The van der Waals surface area contributed by atoms with Gasteiger partial charge in [-0.3, -0.25) is 9.59 Å². The van der Waals surface area contributed by atoms with Gasteiger partial charge in [-0.2, -0.15) is 0 Å². The van der Waals surface area contributed by atoms with Crippen LogP contribution in [-0.2, 0) is 33.3 Å². The third kappa shape index (κ3) is 43.9. The highest BCUT2D eigenvalue weighted by Gasteiger charge is 2.22. The minimum Gasteiger partial charge on any atom is -0.545 e. The Hall–Kier alpha value is -1.97. The summed E-state index contributed by atoms with van der Waals surface area (Å²) in [7, 11) is 5.91. The number of nitrogens with zero attached hydrogens (tertiary/aromatic N) is 1. The molecule has 2 atom stereocenters. The van der Waals surface area contributed by atoms with Crippen LogP contribution >= 0.6 is 0 Å². The number of ether oxygens (including phenoxy) is 4. The van der Waals surface area contributed by atoms with Crippen LogP contribution in [0.5, 0.6) is 0 Å². The van der Waals surface area contributed by atoms with Gasteiger partial charge in [0.15, 0.2) is 12.4 Å². The zero-order valence-corrected chi connectivity index (χ0v) is 39.4. The van der Waals surface area contributed by atoms with E-state index in [1.807, 2.05) is 21.1 Å². The first-order valence-electron chi connectivity index (χ1n) is 24.8. The molecule has 2 unspecified atom stereocenters. The molecule has 0 aliphatic heterocycles. The van der Waals surface area contributed by atoms with E-state index in [1.54, 1.807) is 0 Å². The van der Waals surface area contributed by atoms with E-state index in [0.29, 0.717) is 23.9 Å². The monoisotopic (exact) mass is 838 g/mol. The molecule has 59 heavy (non-hydrogen) atoms. The molecule has 0 heterocycles. The number of aliphatic carboxylic acids is 1. The minimum atomic E-state index is -1.62. The Bertz CT molecular complexity index is 980. The number of carbonyl (C=O) groups is 3. The van der Waals surface area contributed by atoms with Gasteiger partial charge in [0.1, 0.15) is 13.2 Å². The molecule has 9 nitrogen and oxygen atoms in total. The van der Waals surface area contributed by atoms with Gasteiger partial charge in [-0.15, -0.1) is 0 Å². The summed E-state index contributed by atoms with van der Waals surface area (Å²) >= 11 is 0. The highest BCUT2D eigenvalue weighted by Crippen LogP contribution is 2.16. The van der Waals surface area contributed by atoms with Crippen LogP contribution in [0.1, 0.15) is 232 Å². The smallest absolute Gasteiger partial charge is 0.306 e. The molecule has 0 spiro atoms. The van der Waals surface area contributed by atoms with E-state index in [2.05, 4.69) is 26.0 Å². The second kappa shape index (κ2) is 42.7. The van der Waals surface area contributed by atoms with Crippen LogP contribution in [0, 0.1) is 0 Å². The molecule has 0 rings (SSSR count). The summed E-state index contributed by atoms with van der Waals surface area (Å²) in [6.45, 7) is 4.72. The highest BCUT2D eigenvalue weighted by molar-refractivity contribution is 5.70. The predicted molar refractivity (Wildman–Crippen MR) is 242 cm³/mol. The van der Waals surface area contributed by atoms with Crippen molar-refractivity contribution < 1.29 is 42.9 Å². The molecule has 0 saturated heterocycles. The van der Waals surface area contributed by atoms with Crippen LogP contribution in [0.3, 0.4) is 0 Å². The molecule has 0 N–H and O–H groups in total. The Morgan fingerprint density at radius 1 is 0.492 bits per heavy atom. The second-order valence-corrected chi connectivity index (χ2v) is 18.1. The van der Waals surface area contributed by atoms with Crippen LogP contribution in [0.4, 0.5) is 0 Å². The van der Waals surface area contributed by atoms with Crippen molar-refractivity contribution in [2.75, 3.05) is 47.5 Å². The molecule has 0 aliphatic rings. The quantitative estimate of drug-likeness (QED) is 0.0196. The maximum absolute atomic E-state index is 12.7. The predicted octanol–water partition coefficient (Wildman–Crippen LogP) is 12.1. The number of hydrogen-bond donors (Lipinski definition) is 0. The van der Waals surface area contributed by atoms with Crippen molar-refractivity contribution in [1.29, 1.82) is 0 Å². The molecule has 0 amide bonds. The van der Waals surface area contributed by atoms with Crippen molar-refractivity contribution in [3.8, 4) is 0 Å². The molecule has 348 valence electrons. The largest absolute Gasteiger partial charge is 0.545 e. The van der Waals surface area contributed by atoms with E-state index in [0.717, 1.165) is 57.8 Å². The molecule has 0 aliphatic carbocycles. The van der Waals surface area contributed by atoms with Crippen molar-refractivity contribution in [2.24, 2.45) is 0 Å². The van der Waals surface area contributed by atoms with E-state index >= 15 is 0 Å². The van der Waals surface area contributed by atoms with Gasteiger partial charge >= 0.3 is 11.9 Å².